The first-order chi connectivity index (χ1) is 5.72. The zero-order valence-corrected chi connectivity index (χ0v) is 7.67. The average molecular weight is 175 g/mol. The smallest absolute Gasteiger partial charge is 0.248 e. The summed E-state index contributed by atoms with van der Waals surface area (Å²) in [5, 5.41) is 11.1. The van der Waals surface area contributed by atoms with Gasteiger partial charge in [-0.3, -0.25) is 4.79 Å². The van der Waals surface area contributed by atoms with E-state index in [2.05, 4.69) is 5.32 Å². The fraction of sp³-hybridized carbons (Fsp3) is 0.875. The fourth-order valence-corrected chi connectivity index (χ4v) is 0.699. The predicted molar refractivity (Wildman–Crippen MR) is 45.8 cm³/mol. The number of carbonyl (C=O) groups excluding carboxylic acids is 1. The Hall–Kier alpha value is -0.610. The van der Waals surface area contributed by atoms with E-state index in [0.29, 0.717) is 6.54 Å². The second-order valence-electron chi connectivity index (χ2n) is 2.60. The third-order valence-corrected chi connectivity index (χ3v) is 1.61. The van der Waals surface area contributed by atoms with E-state index in [1.165, 1.54) is 7.11 Å². The van der Waals surface area contributed by atoms with Crippen molar-refractivity contribution in [2.45, 2.75) is 25.9 Å². The maximum atomic E-state index is 11.0. The molecule has 0 aromatic carbocycles. The van der Waals surface area contributed by atoms with Crippen LogP contribution in [0.25, 0.3) is 0 Å². The molecular formula is C8H17NO3. The summed E-state index contributed by atoms with van der Waals surface area (Å²) >= 11 is 0. The van der Waals surface area contributed by atoms with Crippen molar-refractivity contribution < 1.29 is 14.6 Å². The number of ether oxygens (including phenoxy) is 1. The number of aliphatic hydroxyl groups excluding tert-OH is 1. The van der Waals surface area contributed by atoms with Gasteiger partial charge in [0.1, 0.15) is 6.10 Å². The van der Waals surface area contributed by atoms with Crippen LogP contribution in [-0.2, 0) is 9.53 Å². The Kier molecular flexibility index (Phi) is 6.70. The molecule has 0 aliphatic carbocycles. The zero-order chi connectivity index (χ0) is 9.40. The number of hydrogen-bond acceptors (Lipinski definition) is 3. The minimum atomic E-state index is -0.390. The minimum absolute atomic E-state index is 0.101. The molecule has 0 spiro atoms. The van der Waals surface area contributed by atoms with E-state index in [1.54, 1.807) is 6.92 Å². The molecule has 0 fully saturated rings. The molecule has 12 heavy (non-hydrogen) atoms. The van der Waals surface area contributed by atoms with Crippen LogP contribution < -0.4 is 5.32 Å². The first kappa shape index (κ1) is 11.4. The Morgan fingerprint density at radius 2 is 2.25 bits per heavy atom. The van der Waals surface area contributed by atoms with Gasteiger partial charge in [0.15, 0.2) is 0 Å². The fourth-order valence-electron chi connectivity index (χ4n) is 0.699. The quantitative estimate of drug-likeness (QED) is 0.555. The number of hydrogen-bond donors (Lipinski definition) is 2. The van der Waals surface area contributed by atoms with Crippen LogP contribution in [0.2, 0.25) is 0 Å². The summed E-state index contributed by atoms with van der Waals surface area (Å²) in [4.78, 5) is 11.0. The van der Waals surface area contributed by atoms with Gasteiger partial charge in [0.2, 0.25) is 5.91 Å². The first-order valence-electron chi connectivity index (χ1n) is 4.13. The summed E-state index contributed by atoms with van der Waals surface area (Å²) in [7, 11) is 1.50. The molecule has 2 N–H and O–H groups in total. The monoisotopic (exact) mass is 175 g/mol. The molecule has 0 aliphatic heterocycles. The molecule has 1 amide bonds. The highest BCUT2D eigenvalue weighted by Crippen LogP contribution is 1.88. The first-order valence-corrected chi connectivity index (χ1v) is 4.13. The van der Waals surface area contributed by atoms with Gasteiger partial charge in [0.25, 0.3) is 0 Å². The topological polar surface area (TPSA) is 58.6 Å². The minimum Gasteiger partial charge on any atom is -0.396 e. The number of amides is 1. The molecule has 72 valence electrons. The summed E-state index contributed by atoms with van der Waals surface area (Å²) < 4.78 is 4.81. The molecule has 1 unspecified atom stereocenters. The van der Waals surface area contributed by atoms with Crippen molar-refractivity contribution >= 4 is 5.91 Å². The standard InChI is InChI=1S/C8H17NO3/c1-7(12-2)8(11)9-5-3-4-6-10/h7,10H,3-6H2,1-2H3,(H,9,11). The summed E-state index contributed by atoms with van der Waals surface area (Å²) in [6.07, 6.45) is 1.14. The molecule has 0 rings (SSSR count). The maximum Gasteiger partial charge on any atom is 0.248 e. The van der Waals surface area contributed by atoms with Gasteiger partial charge in [0, 0.05) is 20.3 Å². The Morgan fingerprint density at radius 1 is 1.58 bits per heavy atom. The molecular weight excluding hydrogens is 158 g/mol. The van der Waals surface area contributed by atoms with E-state index in [4.69, 9.17) is 9.84 Å². The van der Waals surface area contributed by atoms with Crippen molar-refractivity contribution in [3.8, 4) is 0 Å². The Bertz CT molecular complexity index is 127. The third kappa shape index (κ3) is 5.09. The Morgan fingerprint density at radius 3 is 2.75 bits per heavy atom. The molecule has 0 bridgehead atoms. The van der Waals surface area contributed by atoms with E-state index in [0.717, 1.165) is 12.8 Å². The van der Waals surface area contributed by atoms with Gasteiger partial charge in [-0.2, -0.15) is 0 Å². The number of methoxy groups -OCH3 is 1. The SMILES string of the molecule is COC(C)C(=O)NCCCCO. The van der Waals surface area contributed by atoms with E-state index >= 15 is 0 Å². The van der Waals surface area contributed by atoms with Gasteiger partial charge in [0.05, 0.1) is 0 Å². The highest BCUT2D eigenvalue weighted by atomic mass is 16.5. The number of carbonyl (C=O) groups is 1. The molecule has 0 saturated heterocycles. The highest BCUT2D eigenvalue weighted by molar-refractivity contribution is 5.80. The normalized spacial score (nSPS) is 12.6. The largest absolute Gasteiger partial charge is 0.396 e. The Balaban J connectivity index is 3.31. The van der Waals surface area contributed by atoms with Crippen LogP contribution in [0.1, 0.15) is 19.8 Å². The Labute approximate surface area is 72.9 Å². The lowest BCUT2D eigenvalue weighted by Gasteiger charge is -2.09. The van der Waals surface area contributed by atoms with E-state index in [-0.39, 0.29) is 18.6 Å². The summed E-state index contributed by atoms with van der Waals surface area (Å²) in [5.41, 5.74) is 0. The number of unbranched alkanes of at least 4 members (excludes halogenated alkanes) is 1. The lowest BCUT2D eigenvalue weighted by Crippen LogP contribution is -2.34. The van der Waals surface area contributed by atoms with Crippen molar-refractivity contribution in [1.29, 1.82) is 0 Å². The van der Waals surface area contributed by atoms with Gasteiger partial charge >= 0.3 is 0 Å². The van der Waals surface area contributed by atoms with Gasteiger partial charge in [-0.05, 0) is 19.8 Å². The van der Waals surface area contributed by atoms with Crippen LogP contribution >= 0.6 is 0 Å². The van der Waals surface area contributed by atoms with E-state index in [1.807, 2.05) is 0 Å². The van der Waals surface area contributed by atoms with Crippen molar-refractivity contribution in [2.75, 3.05) is 20.3 Å². The van der Waals surface area contributed by atoms with Crippen molar-refractivity contribution in [1.82, 2.24) is 5.32 Å². The number of nitrogens with one attached hydrogen (secondary N) is 1. The van der Waals surface area contributed by atoms with E-state index < -0.39 is 0 Å². The van der Waals surface area contributed by atoms with Gasteiger partial charge in [-0.1, -0.05) is 0 Å². The lowest BCUT2D eigenvalue weighted by molar-refractivity contribution is -0.130. The summed E-state index contributed by atoms with van der Waals surface area (Å²) in [6, 6.07) is 0. The lowest BCUT2D eigenvalue weighted by atomic mass is 10.3. The van der Waals surface area contributed by atoms with Crippen molar-refractivity contribution in [3.63, 3.8) is 0 Å². The average Bonchev–Trinajstić information content (AvgIpc) is 2.10. The molecule has 4 nitrogen and oxygen atoms in total. The molecule has 0 saturated carbocycles. The van der Waals surface area contributed by atoms with Gasteiger partial charge < -0.3 is 15.2 Å². The van der Waals surface area contributed by atoms with Crippen LogP contribution in [0.3, 0.4) is 0 Å². The van der Waals surface area contributed by atoms with Crippen LogP contribution in [0, 0.1) is 0 Å². The van der Waals surface area contributed by atoms with Crippen LogP contribution in [-0.4, -0.2) is 37.4 Å². The molecule has 0 aliphatic rings. The number of aliphatic hydroxyl groups is 1. The second-order valence-corrected chi connectivity index (χ2v) is 2.60. The molecule has 0 aromatic heterocycles. The maximum absolute atomic E-state index is 11.0. The molecule has 0 aromatic rings. The molecule has 1 atom stereocenters. The van der Waals surface area contributed by atoms with Crippen LogP contribution in [0.15, 0.2) is 0 Å². The third-order valence-electron chi connectivity index (χ3n) is 1.61. The predicted octanol–water partition coefficient (Wildman–Crippen LogP) is -0.0900. The van der Waals surface area contributed by atoms with Crippen LogP contribution in [0.4, 0.5) is 0 Å². The second kappa shape index (κ2) is 7.06. The summed E-state index contributed by atoms with van der Waals surface area (Å²) in [6.45, 7) is 2.48. The zero-order valence-electron chi connectivity index (χ0n) is 7.67. The van der Waals surface area contributed by atoms with E-state index in [9.17, 15) is 4.79 Å². The van der Waals surface area contributed by atoms with Crippen molar-refractivity contribution in [2.24, 2.45) is 0 Å². The highest BCUT2D eigenvalue weighted by Gasteiger charge is 2.09. The summed E-state index contributed by atoms with van der Waals surface area (Å²) in [5.74, 6) is -0.101. The molecule has 4 heteroatoms. The number of rotatable bonds is 6. The van der Waals surface area contributed by atoms with Gasteiger partial charge in [-0.15, -0.1) is 0 Å². The molecule has 0 heterocycles. The van der Waals surface area contributed by atoms with Crippen LogP contribution in [0.5, 0.6) is 0 Å². The molecule has 0 radical (unpaired) electrons. The van der Waals surface area contributed by atoms with Crippen molar-refractivity contribution in [3.05, 3.63) is 0 Å². The van der Waals surface area contributed by atoms with Gasteiger partial charge in [-0.25, -0.2) is 0 Å².